The fourth-order valence-corrected chi connectivity index (χ4v) is 10.0. The molecule has 0 amide bonds. The van der Waals surface area contributed by atoms with Crippen LogP contribution in [-0.2, 0) is 0 Å². The molecule has 0 saturated heterocycles. The summed E-state index contributed by atoms with van der Waals surface area (Å²) in [5.41, 5.74) is 19.4. The van der Waals surface area contributed by atoms with Crippen LogP contribution in [0.5, 0.6) is 0 Å². The fraction of sp³-hybridized carbons (Fsp3) is 0.0312. The van der Waals surface area contributed by atoms with E-state index in [9.17, 15) is 0 Å². The number of anilines is 2. The Bertz CT molecular complexity index is 3600. The average Bonchev–Trinajstić information content (AvgIpc) is 3.74. The monoisotopic (exact) mass is 842 g/mol. The average molecular weight is 843 g/mol. The van der Waals surface area contributed by atoms with Crippen LogP contribution in [0.25, 0.3) is 88.3 Å². The van der Waals surface area contributed by atoms with Gasteiger partial charge in [-0.3, -0.25) is 0 Å². The first kappa shape index (κ1) is 39.2. The molecule has 0 bridgehead atoms. The van der Waals surface area contributed by atoms with Crippen molar-refractivity contribution in [3.63, 3.8) is 0 Å². The van der Waals surface area contributed by atoms with Crippen LogP contribution in [-0.4, -0.2) is 4.57 Å². The van der Waals surface area contributed by atoms with Gasteiger partial charge < -0.3 is 9.47 Å². The van der Waals surface area contributed by atoms with Gasteiger partial charge in [0, 0.05) is 33.5 Å². The summed E-state index contributed by atoms with van der Waals surface area (Å²) in [6.45, 7) is 0. The fourth-order valence-electron chi connectivity index (χ4n) is 10.0. The molecule has 1 aliphatic carbocycles. The number of nitrogens with zero attached hydrogens (tertiary/aromatic N) is 2. The molecule has 0 saturated carbocycles. The van der Waals surface area contributed by atoms with Crippen molar-refractivity contribution in [3.8, 4) is 50.2 Å². The Morgan fingerprint density at radius 2 is 0.909 bits per heavy atom. The van der Waals surface area contributed by atoms with Crippen molar-refractivity contribution in [2.45, 2.75) is 12.8 Å². The van der Waals surface area contributed by atoms with Crippen molar-refractivity contribution in [2.24, 2.45) is 0 Å². The lowest BCUT2D eigenvalue weighted by Gasteiger charge is -2.30. The smallest absolute Gasteiger partial charge is 0.0547 e. The van der Waals surface area contributed by atoms with Crippen molar-refractivity contribution >= 4 is 49.5 Å². The first-order chi connectivity index (χ1) is 32.7. The molecule has 2 nitrogen and oxygen atoms in total. The van der Waals surface area contributed by atoms with Gasteiger partial charge in [-0.15, -0.1) is 0 Å². The maximum atomic E-state index is 2.47. The number of hydrogen-bond acceptors (Lipinski definition) is 1. The van der Waals surface area contributed by atoms with Crippen molar-refractivity contribution in [1.29, 1.82) is 0 Å². The van der Waals surface area contributed by atoms with Gasteiger partial charge in [-0.2, -0.15) is 0 Å². The predicted octanol–water partition coefficient (Wildman–Crippen LogP) is 17.5. The van der Waals surface area contributed by atoms with Crippen LogP contribution in [0.3, 0.4) is 0 Å². The summed E-state index contributed by atoms with van der Waals surface area (Å²) in [5.74, 6) is 0. The van der Waals surface area contributed by atoms with E-state index >= 15 is 0 Å². The minimum atomic E-state index is 0.908. The first-order valence-corrected chi connectivity index (χ1v) is 23.0. The molecule has 0 unspecified atom stereocenters. The Morgan fingerprint density at radius 1 is 0.333 bits per heavy atom. The van der Waals surface area contributed by atoms with Crippen LogP contribution in [0, 0.1) is 0 Å². The minimum absolute atomic E-state index is 0.908. The molecule has 0 fully saturated rings. The second kappa shape index (κ2) is 16.9. The topological polar surface area (TPSA) is 8.17 Å². The first-order valence-electron chi connectivity index (χ1n) is 23.0. The Labute approximate surface area is 386 Å². The van der Waals surface area contributed by atoms with E-state index in [0.717, 1.165) is 29.9 Å². The van der Waals surface area contributed by atoms with E-state index in [0.29, 0.717) is 0 Å². The highest BCUT2D eigenvalue weighted by Gasteiger charge is 2.21. The number of rotatable bonds is 9. The molecule has 1 aromatic heterocycles. The SMILES string of the molecule is C1=C(c2ccc(-c3ccccc3)cc2)CCC(N(c2ccc(-c3ccc4ccccc4c3)cc2)c2cccc(-c3cccc4c3c3cc(-c5ccccc5)ccc3n4-c3ccccc3)c2)=C1. The highest BCUT2D eigenvalue weighted by atomic mass is 15.1. The molecule has 12 rings (SSSR count). The van der Waals surface area contributed by atoms with E-state index in [1.165, 1.54) is 93.9 Å². The molecule has 10 aromatic carbocycles. The molecule has 11 aromatic rings. The summed E-state index contributed by atoms with van der Waals surface area (Å²) in [6, 6.07) is 88.5. The van der Waals surface area contributed by atoms with Gasteiger partial charge in [-0.25, -0.2) is 0 Å². The van der Waals surface area contributed by atoms with Gasteiger partial charge >= 0.3 is 0 Å². The van der Waals surface area contributed by atoms with Crippen molar-refractivity contribution in [2.75, 3.05) is 4.90 Å². The Kier molecular flexibility index (Phi) is 10.0. The van der Waals surface area contributed by atoms with E-state index in [-0.39, 0.29) is 0 Å². The molecule has 0 N–H and O–H groups in total. The third-order valence-corrected chi connectivity index (χ3v) is 13.3. The second-order valence-corrected chi connectivity index (χ2v) is 17.3. The molecular formula is C64H46N2. The zero-order chi connectivity index (χ0) is 43.8. The maximum absolute atomic E-state index is 2.47. The van der Waals surface area contributed by atoms with Gasteiger partial charge in [0.2, 0.25) is 0 Å². The van der Waals surface area contributed by atoms with Gasteiger partial charge in [0.05, 0.1) is 11.0 Å². The summed E-state index contributed by atoms with van der Waals surface area (Å²) >= 11 is 0. The molecule has 2 heteroatoms. The normalized spacial score (nSPS) is 12.6. The van der Waals surface area contributed by atoms with Crippen molar-refractivity contribution in [3.05, 3.63) is 266 Å². The van der Waals surface area contributed by atoms with Gasteiger partial charge in [-0.1, -0.05) is 188 Å². The van der Waals surface area contributed by atoms with E-state index in [4.69, 9.17) is 0 Å². The standard InChI is InChI=1S/C64H46N2/c1-4-14-45(15-5-1)48-26-28-49(29-27-48)50-32-37-57(38-33-50)65(58-39-34-51(35-40-58)53-31-30-47-18-10-11-19-52(47)42-53)59-23-12-20-55(43-59)60-24-13-25-63-64(60)61-44-54(46-16-6-2-7-17-46)36-41-62(61)66(63)56-21-8-3-9-22-56/h1-32,34-37,39-44H,33,38H2. The van der Waals surface area contributed by atoms with Crippen LogP contribution < -0.4 is 4.90 Å². The maximum Gasteiger partial charge on any atom is 0.0547 e. The number of hydrogen-bond donors (Lipinski definition) is 0. The van der Waals surface area contributed by atoms with Crippen LogP contribution in [0.1, 0.15) is 18.4 Å². The van der Waals surface area contributed by atoms with Crippen molar-refractivity contribution < 1.29 is 0 Å². The zero-order valence-electron chi connectivity index (χ0n) is 36.6. The minimum Gasteiger partial charge on any atom is -0.314 e. The Hall–Kier alpha value is -8.46. The lowest BCUT2D eigenvalue weighted by molar-refractivity contribution is 0.930. The van der Waals surface area contributed by atoms with Crippen LogP contribution in [0.4, 0.5) is 11.4 Å². The third-order valence-electron chi connectivity index (χ3n) is 13.3. The van der Waals surface area contributed by atoms with Crippen LogP contribution in [0.15, 0.2) is 261 Å². The van der Waals surface area contributed by atoms with Gasteiger partial charge in [-0.05, 0) is 146 Å². The summed E-state index contributed by atoms with van der Waals surface area (Å²) in [7, 11) is 0. The van der Waals surface area contributed by atoms with E-state index < -0.39 is 0 Å². The van der Waals surface area contributed by atoms with Crippen LogP contribution in [0.2, 0.25) is 0 Å². The quantitative estimate of drug-likeness (QED) is 0.141. The molecule has 0 spiro atoms. The van der Waals surface area contributed by atoms with Gasteiger partial charge in [0.15, 0.2) is 0 Å². The number of allylic oxidation sites excluding steroid dienone is 4. The summed E-state index contributed by atoms with van der Waals surface area (Å²) in [6.07, 6.45) is 6.53. The third kappa shape index (κ3) is 7.29. The number of benzene rings is 10. The largest absolute Gasteiger partial charge is 0.314 e. The number of para-hydroxylation sites is 1. The Balaban J connectivity index is 0.978. The molecular weight excluding hydrogens is 797 g/mol. The second-order valence-electron chi connectivity index (χ2n) is 17.3. The number of fused-ring (bicyclic) bond motifs is 4. The predicted molar refractivity (Wildman–Crippen MR) is 280 cm³/mol. The number of aromatic nitrogens is 1. The summed E-state index contributed by atoms with van der Waals surface area (Å²) in [4.78, 5) is 2.47. The molecule has 66 heavy (non-hydrogen) atoms. The molecule has 1 heterocycles. The van der Waals surface area contributed by atoms with Gasteiger partial charge in [0.25, 0.3) is 0 Å². The lowest BCUT2D eigenvalue weighted by Crippen LogP contribution is -2.18. The molecule has 312 valence electrons. The molecule has 0 radical (unpaired) electrons. The van der Waals surface area contributed by atoms with Crippen LogP contribution >= 0.6 is 0 Å². The highest BCUT2D eigenvalue weighted by molar-refractivity contribution is 6.16. The highest BCUT2D eigenvalue weighted by Crippen LogP contribution is 2.43. The summed E-state index contributed by atoms with van der Waals surface area (Å²) < 4.78 is 2.42. The lowest BCUT2D eigenvalue weighted by atomic mass is 9.93. The molecule has 0 aliphatic heterocycles. The summed E-state index contributed by atoms with van der Waals surface area (Å²) in [5, 5.41) is 4.99. The van der Waals surface area contributed by atoms with Crippen molar-refractivity contribution in [1.82, 2.24) is 4.57 Å². The van der Waals surface area contributed by atoms with E-state index in [1.54, 1.807) is 0 Å². The molecule has 0 atom stereocenters. The Morgan fingerprint density at radius 3 is 1.65 bits per heavy atom. The zero-order valence-corrected chi connectivity index (χ0v) is 36.6. The van der Waals surface area contributed by atoms with Gasteiger partial charge in [0.1, 0.15) is 0 Å². The van der Waals surface area contributed by atoms with E-state index in [2.05, 4.69) is 264 Å². The molecule has 1 aliphatic rings. The van der Waals surface area contributed by atoms with E-state index in [1.807, 2.05) is 0 Å².